The van der Waals surface area contributed by atoms with E-state index in [0.717, 1.165) is 5.39 Å². The van der Waals surface area contributed by atoms with Crippen molar-refractivity contribution in [2.75, 3.05) is 18.5 Å². The van der Waals surface area contributed by atoms with Crippen LogP contribution in [0.1, 0.15) is 12.5 Å². The van der Waals surface area contributed by atoms with Crippen LogP contribution in [0.15, 0.2) is 105 Å². The highest BCUT2D eigenvalue weighted by molar-refractivity contribution is 14.1. The molecule has 220 valence electrons. The fraction of sp³-hybridized carbons (Fsp3) is 0.0909. The number of carbonyl (C=O) groups is 1. The van der Waals surface area contributed by atoms with Crippen LogP contribution in [0.2, 0.25) is 0 Å². The number of fused-ring (bicyclic) bond motifs is 2. The summed E-state index contributed by atoms with van der Waals surface area (Å²) in [7, 11) is 0. The maximum atomic E-state index is 13.9. The lowest BCUT2D eigenvalue weighted by molar-refractivity contribution is -0.118. The maximum Gasteiger partial charge on any atom is 0.282 e. The van der Waals surface area contributed by atoms with Gasteiger partial charge in [-0.25, -0.2) is 9.37 Å². The molecule has 0 radical (unpaired) electrons. The monoisotopic (exact) mass is 702 g/mol. The lowest BCUT2D eigenvalue weighted by Crippen LogP contribution is -2.21. The quantitative estimate of drug-likeness (QED) is 0.131. The summed E-state index contributed by atoms with van der Waals surface area (Å²) in [6.45, 7) is 1.79. The van der Waals surface area contributed by atoms with E-state index in [9.17, 15) is 14.0 Å². The van der Waals surface area contributed by atoms with Gasteiger partial charge in [0.1, 0.15) is 11.4 Å². The maximum absolute atomic E-state index is 13.9. The van der Waals surface area contributed by atoms with E-state index in [1.54, 1.807) is 36.4 Å². The number of amides is 1. The molecule has 0 aliphatic rings. The number of hydrogen-bond acceptors (Lipinski definition) is 7. The number of furan rings is 1. The van der Waals surface area contributed by atoms with Crippen molar-refractivity contribution in [1.29, 1.82) is 0 Å². The van der Waals surface area contributed by atoms with Crippen molar-refractivity contribution in [3.8, 4) is 23.1 Å². The highest BCUT2D eigenvalue weighted by atomic mass is 127. The van der Waals surface area contributed by atoms with Crippen molar-refractivity contribution < 1.29 is 23.1 Å². The van der Waals surface area contributed by atoms with Crippen LogP contribution in [-0.4, -0.2) is 35.0 Å². The van der Waals surface area contributed by atoms with Crippen LogP contribution in [0.3, 0.4) is 0 Å². The molecule has 9 nitrogen and oxygen atoms in total. The number of halogens is 2. The zero-order chi connectivity index (χ0) is 30.6. The number of nitrogens with zero attached hydrogens (tertiary/aromatic N) is 3. The average molecular weight is 702 g/mol. The smallest absolute Gasteiger partial charge is 0.282 e. The van der Waals surface area contributed by atoms with Crippen LogP contribution >= 0.6 is 22.6 Å². The van der Waals surface area contributed by atoms with E-state index in [0.29, 0.717) is 49.5 Å². The summed E-state index contributed by atoms with van der Waals surface area (Å²) in [5.41, 5.74) is 1.50. The molecular formula is C33H24FIN4O5. The summed E-state index contributed by atoms with van der Waals surface area (Å²) in [4.78, 5) is 30.8. The highest BCUT2D eigenvalue weighted by Crippen LogP contribution is 2.34. The number of ether oxygens (including phenoxy) is 2. The molecule has 2 aromatic heterocycles. The number of para-hydroxylation sites is 3. The third-order valence-electron chi connectivity index (χ3n) is 6.55. The number of anilines is 1. The Morgan fingerprint density at radius 3 is 2.64 bits per heavy atom. The minimum Gasteiger partial charge on any atom is -0.490 e. The highest BCUT2D eigenvalue weighted by Gasteiger charge is 2.18. The first-order chi connectivity index (χ1) is 21.4. The first-order valence-corrected chi connectivity index (χ1v) is 14.7. The molecule has 44 heavy (non-hydrogen) atoms. The van der Waals surface area contributed by atoms with Gasteiger partial charge in [0.15, 0.2) is 23.9 Å². The third kappa shape index (κ3) is 6.04. The van der Waals surface area contributed by atoms with E-state index in [1.807, 2.05) is 43.3 Å². The van der Waals surface area contributed by atoms with E-state index < -0.39 is 11.7 Å². The Morgan fingerprint density at radius 2 is 1.82 bits per heavy atom. The molecule has 0 saturated carbocycles. The number of nitrogens with one attached hydrogen (secondary N) is 1. The second-order valence-corrected chi connectivity index (χ2v) is 10.7. The number of aromatic nitrogens is 2. The van der Waals surface area contributed by atoms with Gasteiger partial charge in [0.25, 0.3) is 11.5 Å². The molecule has 1 amide bonds. The van der Waals surface area contributed by atoms with Crippen molar-refractivity contribution in [3.05, 3.63) is 116 Å². The van der Waals surface area contributed by atoms with Crippen LogP contribution in [0.25, 0.3) is 33.5 Å². The lowest BCUT2D eigenvalue weighted by Gasteiger charge is -2.15. The van der Waals surface area contributed by atoms with E-state index in [1.165, 1.54) is 29.1 Å². The van der Waals surface area contributed by atoms with Crippen molar-refractivity contribution in [2.24, 2.45) is 5.10 Å². The summed E-state index contributed by atoms with van der Waals surface area (Å²) >= 11 is 2.07. The van der Waals surface area contributed by atoms with Crippen LogP contribution in [0.4, 0.5) is 10.1 Å². The lowest BCUT2D eigenvalue weighted by atomic mass is 10.2. The van der Waals surface area contributed by atoms with Crippen molar-refractivity contribution in [3.63, 3.8) is 0 Å². The number of carbonyl (C=O) groups excluding carboxylic acids is 1. The predicted octanol–water partition coefficient (Wildman–Crippen LogP) is 6.85. The fourth-order valence-electron chi connectivity index (χ4n) is 4.56. The zero-order valence-corrected chi connectivity index (χ0v) is 25.4. The molecule has 0 atom stereocenters. The zero-order valence-electron chi connectivity index (χ0n) is 23.3. The number of benzene rings is 4. The summed E-state index contributed by atoms with van der Waals surface area (Å²) in [6, 6.07) is 25.8. The van der Waals surface area contributed by atoms with Crippen LogP contribution in [0, 0.1) is 9.39 Å². The minimum atomic E-state index is -0.543. The second kappa shape index (κ2) is 12.7. The summed E-state index contributed by atoms with van der Waals surface area (Å²) in [5.74, 6) is 0.301. The minimum absolute atomic E-state index is 0.0628. The molecule has 6 rings (SSSR count). The number of hydrogen-bond donors (Lipinski definition) is 1. The Morgan fingerprint density at radius 1 is 1.05 bits per heavy atom. The molecule has 0 bridgehead atoms. The van der Waals surface area contributed by atoms with Crippen molar-refractivity contribution in [1.82, 2.24) is 9.66 Å². The molecule has 0 spiro atoms. The van der Waals surface area contributed by atoms with Gasteiger partial charge >= 0.3 is 0 Å². The molecule has 1 N–H and O–H groups in total. The van der Waals surface area contributed by atoms with Gasteiger partial charge < -0.3 is 19.2 Å². The largest absolute Gasteiger partial charge is 0.490 e. The molecule has 0 unspecified atom stereocenters. The first kappa shape index (κ1) is 29.1. The molecule has 0 aliphatic heterocycles. The van der Waals surface area contributed by atoms with Gasteiger partial charge in [-0.1, -0.05) is 42.5 Å². The first-order valence-electron chi connectivity index (χ1n) is 13.6. The molecule has 0 aliphatic carbocycles. The third-order valence-corrected chi connectivity index (χ3v) is 7.35. The van der Waals surface area contributed by atoms with Gasteiger partial charge in [-0.15, -0.1) is 0 Å². The molecule has 11 heteroatoms. The Bertz CT molecular complexity index is 2070. The van der Waals surface area contributed by atoms with E-state index in [-0.39, 0.29) is 23.7 Å². The van der Waals surface area contributed by atoms with Gasteiger partial charge in [0.05, 0.1) is 33.0 Å². The molecule has 2 heterocycles. The van der Waals surface area contributed by atoms with Crippen LogP contribution < -0.4 is 20.3 Å². The molecule has 0 saturated heterocycles. The van der Waals surface area contributed by atoms with Gasteiger partial charge in [0, 0.05) is 5.39 Å². The van der Waals surface area contributed by atoms with Gasteiger partial charge in [-0.2, -0.15) is 9.78 Å². The molecule has 4 aromatic carbocycles. The van der Waals surface area contributed by atoms with Gasteiger partial charge in [0.2, 0.25) is 5.82 Å². The van der Waals surface area contributed by atoms with Crippen molar-refractivity contribution >= 4 is 62.3 Å². The standard InChI is InChI=1S/C33H24FIN4O5/c1-2-42-28-16-20(15-24(35)31(28)43-19-30(40)37-26-13-7-5-11-23(26)34)18-36-39-32(29-17-21-9-3-8-14-27(21)44-29)38-25-12-6-4-10-22(25)33(39)41/h3-18H,2,19H2,1H3,(H,37,40). The van der Waals surface area contributed by atoms with E-state index in [2.05, 4.69) is 33.0 Å². The molecular weight excluding hydrogens is 678 g/mol. The normalized spacial score (nSPS) is 11.3. The topological polar surface area (TPSA) is 108 Å². The molecule has 6 aromatic rings. The fourth-order valence-corrected chi connectivity index (χ4v) is 5.34. The molecule has 0 fully saturated rings. The average Bonchev–Trinajstić information content (AvgIpc) is 3.46. The Balaban J connectivity index is 1.33. The van der Waals surface area contributed by atoms with Crippen LogP contribution in [0.5, 0.6) is 11.5 Å². The van der Waals surface area contributed by atoms with Gasteiger partial charge in [-0.05, 0) is 83.6 Å². The summed E-state index contributed by atoms with van der Waals surface area (Å²) in [6.07, 6.45) is 1.52. The van der Waals surface area contributed by atoms with Gasteiger partial charge in [-0.3, -0.25) is 9.59 Å². The van der Waals surface area contributed by atoms with E-state index in [4.69, 9.17) is 18.9 Å². The number of rotatable bonds is 9. The Hall–Kier alpha value is -5.04. The summed E-state index contributed by atoms with van der Waals surface area (Å²) in [5, 5.41) is 8.31. The Kier molecular flexibility index (Phi) is 8.37. The van der Waals surface area contributed by atoms with Crippen molar-refractivity contribution in [2.45, 2.75) is 6.92 Å². The Labute approximate surface area is 264 Å². The summed E-state index contributed by atoms with van der Waals surface area (Å²) < 4.78 is 33.4. The van der Waals surface area contributed by atoms with E-state index >= 15 is 0 Å². The van der Waals surface area contributed by atoms with Crippen LogP contribution in [-0.2, 0) is 4.79 Å². The predicted molar refractivity (Wildman–Crippen MR) is 175 cm³/mol. The second-order valence-electron chi connectivity index (χ2n) is 9.54. The SMILES string of the molecule is CCOc1cc(C=Nn2c(-c3cc4ccccc4o3)nc3ccccc3c2=O)cc(I)c1OCC(=O)Nc1ccccc1F.